The second kappa shape index (κ2) is 8.41. The molecule has 0 fully saturated rings. The van der Waals surface area contributed by atoms with Gasteiger partial charge in [0.05, 0.1) is 11.0 Å². The molecule has 5 rings (SSSR count). The van der Waals surface area contributed by atoms with E-state index >= 15 is 0 Å². The average Bonchev–Trinajstić information content (AvgIpc) is 3.11. The van der Waals surface area contributed by atoms with Crippen LogP contribution >= 0.6 is 0 Å². The number of hydrogen-bond acceptors (Lipinski definition) is 3. The van der Waals surface area contributed by atoms with Crippen LogP contribution in [0, 0.1) is 6.92 Å². The number of nitrogens with zero attached hydrogens (tertiary/aromatic N) is 3. The highest BCUT2D eigenvalue weighted by Crippen LogP contribution is 2.34. The summed E-state index contributed by atoms with van der Waals surface area (Å²) in [6.07, 6.45) is 15.0. The Kier molecular flexibility index (Phi) is 5.16. The summed E-state index contributed by atoms with van der Waals surface area (Å²) in [5, 5.41) is 0. The summed E-state index contributed by atoms with van der Waals surface area (Å²) in [4.78, 5) is 11.5. The van der Waals surface area contributed by atoms with Gasteiger partial charge in [-0.05, 0) is 48.4 Å². The molecule has 3 heteroatoms. The van der Waals surface area contributed by atoms with Gasteiger partial charge in [-0.2, -0.15) is 0 Å². The van der Waals surface area contributed by atoms with Gasteiger partial charge in [0.25, 0.3) is 0 Å². The van der Waals surface area contributed by atoms with Crippen LogP contribution in [-0.4, -0.2) is 9.97 Å². The number of anilines is 2. The third-order valence-corrected chi connectivity index (χ3v) is 5.54. The molecule has 0 aliphatic heterocycles. The van der Waals surface area contributed by atoms with E-state index < -0.39 is 0 Å². The molecule has 0 N–H and O–H groups in total. The SMILES string of the molecule is Cc1ccc(-c2ccc(N(C3=CC=CC=CC3)c3ccccc3)cc2)c2nccnc12. The Morgan fingerprint density at radius 3 is 2.26 bits per heavy atom. The van der Waals surface area contributed by atoms with Crippen molar-refractivity contribution >= 4 is 22.4 Å². The molecule has 1 aromatic heterocycles. The summed E-state index contributed by atoms with van der Waals surface area (Å²) in [5.41, 5.74) is 8.79. The van der Waals surface area contributed by atoms with Crippen LogP contribution in [0.1, 0.15) is 12.0 Å². The fraction of sp³-hybridized carbons (Fsp3) is 0.0714. The lowest BCUT2D eigenvalue weighted by molar-refractivity contribution is 1.08. The third kappa shape index (κ3) is 3.78. The van der Waals surface area contributed by atoms with Crippen molar-refractivity contribution in [2.45, 2.75) is 13.3 Å². The maximum absolute atomic E-state index is 4.61. The predicted octanol–water partition coefficient (Wildman–Crippen LogP) is 7.14. The van der Waals surface area contributed by atoms with E-state index in [1.807, 2.05) is 0 Å². The third-order valence-electron chi connectivity index (χ3n) is 5.54. The molecule has 0 spiro atoms. The second-order valence-corrected chi connectivity index (χ2v) is 7.58. The van der Waals surface area contributed by atoms with Crippen LogP contribution < -0.4 is 4.90 Å². The van der Waals surface area contributed by atoms with E-state index in [4.69, 9.17) is 0 Å². The summed E-state index contributed by atoms with van der Waals surface area (Å²) in [5.74, 6) is 0. The van der Waals surface area contributed by atoms with Crippen LogP contribution in [0.5, 0.6) is 0 Å². The van der Waals surface area contributed by atoms with Crippen molar-refractivity contribution in [1.82, 2.24) is 9.97 Å². The van der Waals surface area contributed by atoms with Crippen LogP contribution in [-0.2, 0) is 0 Å². The van der Waals surface area contributed by atoms with E-state index in [0.717, 1.165) is 45.5 Å². The van der Waals surface area contributed by atoms with E-state index in [1.54, 1.807) is 12.4 Å². The van der Waals surface area contributed by atoms with Gasteiger partial charge in [0, 0.05) is 41.4 Å². The van der Waals surface area contributed by atoms with Gasteiger partial charge in [0.2, 0.25) is 0 Å². The van der Waals surface area contributed by atoms with Crippen LogP contribution in [0.2, 0.25) is 0 Å². The standard InChI is InChI=1S/C28H23N3/c1-21-13-18-26(28-27(21)29-19-20-30-28)22-14-16-25(17-15-22)31(24-11-7-4-8-12-24)23-9-5-2-3-6-10-23/h2-9,11-20H,10H2,1H3. The van der Waals surface area contributed by atoms with Crippen molar-refractivity contribution in [3.05, 3.63) is 121 Å². The number of rotatable bonds is 4. The smallest absolute Gasteiger partial charge is 0.0967 e. The van der Waals surface area contributed by atoms with Crippen LogP contribution in [0.25, 0.3) is 22.2 Å². The van der Waals surface area contributed by atoms with Crippen LogP contribution in [0.4, 0.5) is 11.4 Å². The average molecular weight is 402 g/mol. The summed E-state index contributed by atoms with van der Waals surface area (Å²) in [6.45, 7) is 2.07. The number of hydrogen-bond donors (Lipinski definition) is 0. The highest BCUT2D eigenvalue weighted by molar-refractivity contribution is 5.93. The van der Waals surface area contributed by atoms with Crippen molar-refractivity contribution in [2.24, 2.45) is 0 Å². The van der Waals surface area contributed by atoms with E-state index in [9.17, 15) is 0 Å². The van der Waals surface area contributed by atoms with Gasteiger partial charge in [0.15, 0.2) is 0 Å². The Hall–Kier alpha value is -3.98. The number of para-hydroxylation sites is 1. The molecule has 3 aromatic carbocycles. The van der Waals surface area contributed by atoms with Crippen LogP contribution in [0.3, 0.4) is 0 Å². The number of aromatic nitrogens is 2. The first kappa shape index (κ1) is 19.0. The fourth-order valence-electron chi connectivity index (χ4n) is 4.00. The van der Waals surface area contributed by atoms with Crippen molar-refractivity contribution in [3.63, 3.8) is 0 Å². The minimum atomic E-state index is 0.877. The molecule has 0 saturated heterocycles. The maximum atomic E-state index is 4.61. The summed E-state index contributed by atoms with van der Waals surface area (Å²) >= 11 is 0. The van der Waals surface area contributed by atoms with Crippen LogP contribution in [0.15, 0.2) is 115 Å². The largest absolute Gasteiger partial charge is 0.314 e. The fourth-order valence-corrected chi connectivity index (χ4v) is 4.00. The molecule has 0 atom stereocenters. The molecule has 1 heterocycles. The molecule has 4 aromatic rings. The van der Waals surface area contributed by atoms with Gasteiger partial charge in [-0.1, -0.05) is 66.8 Å². The predicted molar refractivity (Wildman–Crippen MR) is 129 cm³/mol. The van der Waals surface area contributed by atoms with Gasteiger partial charge in [-0.25, -0.2) is 0 Å². The molecule has 0 amide bonds. The highest BCUT2D eigenvalue weighted by atomic mass is 15.1. The first-order valence-electron chi connectivity index (χ1n) is 10.5. The molecule has 1 aliphatic carbocycles. The number of fused-ring (bicyclic) bond motifs is 1. The molecule has 0 radical (unpaired) electrons. The summed E-state index contributed by atoms with van der Waals surface area (Å²) < 4.78 is 0. The number of benzene rings is 3. The number of allylic oxidation sites excluding steroid dienone is 5. The van der Waals surface area contributed by atoms with Crippen molar-refractivity contribution in [3.8, 4) is 11.1 Å². The lowest BCUT2D eigenvalue weighted by Gasteiger charge is -2.27. The van der Waals surface area contributed by atoms with Gasteiger partial charge in [-0.15, -0.1) is 0 Å². The molecule has 31 heavy (non-hydrogen) atoms. The van der Waals surface area contributed by atoms with E-state index in [-0.39, 0.29) is 0 Å². The van der Waals surface area contributed by atoms with Crippen molar-refractivity contribution in [1.29, 1.82) is 0 Å². The quantitative estimate of drug-likeness (QED) is 0.364. The molecule has 150 valence electrons. The first-order chi connectivity index (χ1) is 15.3. The summed E-state index contributed by atoms with van der Waals surface area (Å²) in [7, 11) is 0. The van der Waals surface area contributed by atoms with E-state index in [1.165, 1.54) is 5.70 Å². The minimum absolute atomic E-state index is 0.877. The monoisotopic (exact) mass is 401 g/mol. The van der Waals surface area contributed by atoms with Crippen molar-refractivity contribution < 1.29 is 0 Å². The zero-order valence-electron chi connectivity index (χ0n) is 17.4. The molecule has 0 saturated carbocycles. The maximum Gasteiger partial charge on any atom is 0.0967 e. The molecular formula is C28H23N3. The molecule has 3 nitrogen and oxygen atoms in total. The highest BCUT2D eigenvalue weighted by Gasteiger charge is 2.15. The van der Waals surface area contributed by atoms with E-state index in [0.29, 0.717) is 0 Å². The Morgan fingerprint density at radius 2 is 1.45 bits per heavy atom. The van der Waals surface area contributed by atoms with Gasteiger partial charge >= 0.3 is 0 Å². The molecule has 0 bridgehead atoms. The normalized spacial score (nSPS) is 13.1. The lowest BCUT2D eigenvalue weighted by Crippen LogP contribution is -2.15. The Balaban J connectivity index is 1.58. The van der Waals surface area contributed by atoms with E-state index in [2.05, 4.69) is 119 Å². The second-order valence-electron chi connectivity index (χ2n) is 7.58. The molecule has 1 aliphatic rings. The minimum Gasteiger partial charge on any atom is -0.314 e. The Morgan fingerprint density at radius 1 is 0.710 bits per heavy atom. The first-order valence-corrected chi connectivity index (χ1v) is 10.5. The Bertz CT molecular complexity index is 1300. The van der Waals surface area contributed by atoms with Gasteiger partial charge in [0.1, 0.15) is 0 Å². The van der Waals surface area contributed by atoms with Gasteiger partial charge < -0.3 is 4.90 Å². The zero-order valence-corrected chi connectivity index (χ0v) is 17.4. The van der Waals surface area contributed by atoms with Crippen molar-refractivity contribution in [2.75, 3.05) is 4.90 Å². The summed E-state index contributed by atoms with van der Waals surface area (Å²) in [6, 6.07) is 23.5. The lowest BCUT2D eigenvalue weighted by atomic mass is 10.0. The molecule has 0 unspecified atom stereocenters. The molecular weight excluding hydrogens is 378 g/mol. The topological polar surface area (TPSA) is 29.0 Å². The Labute approximate surface area is 182 Å². The number of aryl methyl sites for hydroxylation is 1. The van der Waals surface area contributed by atoms with Gasteiger partial charge in [-0.3, -0.25) is 9.97 Å². The zero-order chi connectivity index (χ0) is 21.0.